The first-order valence-corrected chi connectivity index (χ1v) is 7.01. The number of hydrogen-bond acceptors (Lipinski definition) is 3. The fourth-order valence-corrected chi connectivity index (χ4v) is 2.11. The summed E-state index contributed by atoms with van der Waals surface area (Å²) in [6, 6.07) is 9.34. The van der Waals surface area contributed by atoms with Crippen molar-refractivity contribution < 1.29 is 27.4 Å². The number of hydrogen-bond donors (Lipinski definition) is 1. The quantitative estimate of drug-likeness (QED) is 0.904. The van der Waals surface area contributed by atoms with E-state index in [0.717, 1.165) is 12.1 Å². The molecular formula is C17H16F3NO3. The Hall–Kier alpha value is -2.70. The summed E-state index contributed by atoms with van der Waals surface area (Å²) < 4.78 is 48.4. The number of methoxy groups -OCH3 is 2. The zero-order valence-corrected chi connectivity index (χ0v) is 13.1. The van der Waals surface area contributed by atoms with Crippen LogP contribution in [0.2, 0.25) is 0 Å². The zero-order valence-electron chi connectivity index (χ0n) is 13.1. The molecule has 0 unspecified atom stereocenters. The molecule has 2 aromatic carbocycles. The van der Waals surface area contributed by atoms with Gasteiger partial charge in [0.2, 0.25) is 0 Å². The van der Waals surface area contributed by atoms with Crippen LogP contribution in [0.25, 0.3) is 0 Å². The van der Waals surface area contributed by atoms with E-state index >= 15 is 0 Å². The maximum atomic E-state index is 12.7. The highest BCUT2D eigenvalue weighted by Crippen LogP contribution is 2.29. The molecule has 2 rings (SSSR count). The molecule has 7 heteroatoms. The lowest BCUT2D eigenvalue weighted by Crippen LogP contribution is -2.23. The SMILES string of the molecule is COc1ccc(CNC(=O)c2cccc(C(F)(F)F)c2)c(OC)c1. The normalized spacial score (nSPS) is 11.0. The van der Waals surface area contributed by atoms with Gasteiger partial charge in [-0.25, -0.2) is 0 Å². The molecule has 0 aromatic heterocycles. The molecule has 0 aliphatic heterocycles. The van der Waals surface area contributed by atoms with Gasteiger partial charge in [-0.05, 0) is 30.3 Å². The Morgan fingerprint density at radius 2 is 1.83 bits per heavy atom. The second-order valence-corrected chi connectivity index (χ2v) is 4.94. The van der Waals surface area contributed by atoms with Crippen molar-refractivity contribution in [3.05, 3.63) is 59.2 Å². The second-order valence-electron chi connectivity index (χ2n) is 4.94. The van der Waals surface area contributed by atoms with Crippen LogP contribution in [0.5, 0.6) is 11.5 Å². The van der Waals surface area contributed by atoms with Gasteiger partial charge < -0.3 is 14.8 Å². The third kappa shape index (κ3) is 4.18. The third-order valence-electron chi connectivity index (χ3n) is 3.39. The van der Waals surface area contributed by atoms with Crippen LogP contribution < -0.4 is 14.8 Å². The summed E-state index contributed by atoms with van der Waals surface area (Å²) in [6.07, 6.45) is -4.49. The lowest BCUT2D eigenvalue weighted by Gasteiger charge is -2.12. The van der Waals surface area contributed by atoms with E-state index in [-0.39, 0.29) is 12.1 Å². The topological polar surface area (TPSA) is 47.6 Å². The van der Waals surface area contributed by atoms with Gasteiger partial charge >= 0.3 is 6.18 Å². The smallest absolute Gasteiger partial charge is 0.416 e. The largest absolute Gasteiger partial charge is 0.497 e. The Morgan fingerprint density at radius 1 is 1.08 bits per heavy atom. The monoisotopic (exact) mass is 339 g/mol. The van der Waals surface area contributed by atoms with Crippen molar-refractivity contribution in [3.8, 4) is 11.5 Å². The molecule has 0 atom stereocenters. The summed E-state index contributed by atoms with van der Waals surface area (Å²) in [4.78, 5) is 12.1. The second kappa shape index (κ2) is 7.25. The molecule has 128 valence electrons. The van der Waals surface area contributed by atoms with E-state index in [1.165, 1.54) is 26.4 Å². The van der Waals surface area contributed by atoms with E-state index in [2.05, 4.69) is 5.32 Å². The zero-order chi connectivity index (χ0) is 17.7. The number of halogens is 3. The van der Waals surface area contributed by atoms with E-state index < -0.39 is 17.6 Å². The number of amides is 1. The molecule has 0 bridgehead atoms. The fraction of sp³-hybridized carbons (Fsp3) is 0.235. The Bertz CT molecular complexity index is 729. The van der Waals surface area contributed by atoms with E-state index in [9.17, 15) is 18.0 Å². The Balaban J connectivity index is 2.11. The van der Waals surface area contributed by atoms with Crippen molar-refractivity contribution >= 4 is 5.91 Å². The van der Waals surface area contributed by atoms with Crippen LogP contribution in [0.1, 0.15) is 21.5 Å². The van der Waals surface area contributed by atoms with Crippen molar-refractivity contribution in [1.29, 1.82) is 0 Å². The third-order valence-corrected chi connectivity index (χ3v) is 3.39. The number of carbonyl (C=O) groups excluding carboxylic acids is 1. The number of rotatable bonds is 5. The van der Waals surface area contributed by atoms with E-state index in [0.29, 0.717) is 17.1 Å². The summed E-state index contributed by atoms with van der Waals surface area (Å²) in [5.41, 5.74) is -0.242. The van der Waals surface area contributed by atoms with E-state index in [1.54, 1.807) is 18.2 Å². The highest BCUT2D eigenvalue weighted by atomic mass is 19.4. The number of alkyl halides is 3. The van der Waals surface area contributed by atoms with Gasteiger partial charge in [0.25, 0.3) is 5.91 Å². The maximum Gasteiger partial charge on any atom is 0.416 e. The predicted molar refractivity (Wildman–Crippen MR) is 82.2 cm³/mol. The van der Waals surface area contributed by atoms with Crippen LogP contribution >= 0.6 is 0 Å². The van der Waals surface area contributed by atoms with Gasteiger partial charge in [-0.2, -0.15) is 13.2 Å². The van der Waals surface area contributed by atoms with Gasteiger partial charge in [-0.15, -0.1) is 0 Å². The van der Waals surface area contributed by atoms with Gasteiger partial charge in [0.15, 0.2) is 0 Å². The van der Waals surface area contributed by atoms with Crippen molar-refractivity contribution in [3.63, 3.8) is 0 Å². The van der Waals surface area contributed by atoms with Crippen LogP contribution in [0, 0.1) is 0 Å². The molecule has 0 saturated carbocycles. The molecule has 0 aliphatic rings. The van der Waals surface area contributed by atoms with Crippen LogP contribution in [-0.2, 0) is 12.7 Å². The maximum absolute atomic E-state index is 12.7. The van der Waals surface area contributed by atoms with Gasteiger partial charge in [0.05, 0.1) is 19.8 Å². The minimum Gasteiger partial charge on any atom is -0.497 e. The van der Waals surface area contributed by atoms with Crippen molar-refractivity contribution in [2.24, 2.45) is 0 Å². The molecule has 0 fully saturated rings. The number of benzene rings is 2. The highest BCUT2D eigenvalue weighted by Gasteiger charge is 2.30. The molecule has 4 nitrogen and oxygen atoms in total. The van der Waals surface area contributed by atoms with Gasteiger partial charge in [-0.1, -0.05) is 6.07 Å². The molecule has 1 N–H and O–H groups in total. The van der Waals surface area contributed by atoms with Crippen LogP contribution in [0.4, 0.5) is 13.2 Å². The minimum absolute atomic E-state index is 0.0581. The average molecular weight is 339 g/mol. The van der Waals surface area contributed by atoms with Crippen LogP contribution in [0.3, 0.4) is 0 Å². The molecule has 1 amide bonds. The van der Waals surface area contributed by atoms with E-state index in [1.807, 2.05) is 0 Å². The Labute approximate surface area is 137 Å². The molecular weight excluding hydrogens is 323 g/mol. The Morgan fingerprint density at radius 3 is 2.46 bits per heavy atom. The van der Waals surface area contributed by atoms with E-state index in [4.69, 9.17) is 9.47 Å². The molecule has 2 aromatic rings. The number of ether oxygens (including phenoxy) is 2. The number of carbonyl (C=O) groups is 1. The Kier molecular flexibility index (Phi) is 5.33. The van der Waals surface area contributed by atoms with Crippen molar-refractivity contribution in [2.75, 3.05) is 14.2 Å². The summed E-state index contributed by atoms with van der Waals surface area (Å²) in [5.74, 6) is 0.512. The lowest BCUT2D eigenvalue weighted by molar-refractivity contribution is -0.137. The number of nitrogens with one attached hydrogen (secondary N) is 1. The molecule has 0 aliphatic carbocycles. The summed E-state index contributed by atoms with van der Waals surface area (Å²) in [6.45, 7) is 0.113. The van der Waals surface area contributed by atoms with Crippen LogP contribution in [0.15, 0.2) is 42.5 Å². The predicted octanol–water partition coefficient (Wildman–Crippen LogP) is 3.65. The molecule has 0 saturated heterocycles. The van der Waals surface area contributed by atoms with Crippen molar-refractivity contribution in [2.45, 2.75) is 12.7 Å². The molecule has 0 radical (unpaired) electrons. The standard InChI is InChI=1S/C17H16F3NO3/c1-23-14-7-6-12(15(9-14)24-2)10-21-16(22)11-4-3-5-13(8-11)17(18,19)20/h3-9H,10H2,1-2H3,(H,21,22). The summed E-state index contributed by atoms with van der Waals surface area (Å²) >= 11 is 0. The van der Waals surface area contributed by atoms with Gasteiger partial charge in [0.1, 0.15) is 11.5 Å². The molecule has 0 spiro atoms. The fourth-order valence-electron chi connectivity index (χ4n) is 2.11. The van der Waals surface area contributed by atoms with Gasteiger partial charge in [-0.3, -0.25) is 4.79 Å². The first-order valence-electron chi connectivity index (χ1n) is 7.01. The van der Waals surface area contributed by atoms with Gasteiger partial charge in [0, 0.05) is 23.7 Å². The average Bonchev–Trinajstić information content (AvgIpc) is 2.58. The summed E-state index contributed by atoms with van der Waals surface area (Å²) in [7, 11) is 3.00. The summed E-state index contributed by atoms with van der Waals surface area (Å²) in [5, 5.41) is 2.58. The molecule has 24 heavy (non-hydrogen) atoms. The lowest BCUT2D eigenvalue weighted by atomic mass is 10.1. The molecule has 0 heterocycles. The highest BCUT2D eigenvalue weighted by molar-refractivity contribution is 5.94. The van der Waals surface area contributed by atoms with Crippen molar-refractivity contribution in [1.82, 2.24) is 5.32 Å². The van der Waals surface area contributed by atoms with Crippen LogP contribution in [-0.4, -0.2) is 20.1 Å². The first-order chi connectivity index (χ1) is 11.3. The first kappa shape index (κ1) is 17.7. The minimum atomic E-state index is -4.49.